The van der Waals surface area contributed by atoms with Crippen molar-refractivity contribution in [2.45, 2.75) is 6.67 Å². The summed E-state index contributed by atoms with van der Waals surface area (Å²) in [7, 11) is 0. The molecule has 0 fully saturated rings. The number of halogens is 2. The van der Waals surface area contributed by atoms with Gasteiger partial charge in [0, 0.05) is 10.0 Å². The number of amides is 1. The first-order valence-corrected chi connectivity index (χ1v) is 4.08. The Hall–Kier alpha value is -0.900. The van der Waals surface area contributed by atoms with Crippen molar-refractivity contribution in [2.24, 2.45) is 5.73 Å². The zero-order valence-corrected chi connectivity index (χ0v) is 7.77. The molecule has 0 saturated carbocycles. The van der Waals surface area contributed by atoms with Crippen LogP contribution in [-0.2, 0) is 6.67 Å². The van der Waals surface area contributed by atoms with E-state index in [9.17, 15) is 9.18 Å². The Labute approximate surface area is 77.7 Å². The van der Waals surface area contributed by atoms with Crippen LogP contribution in [0, 0.1) is 0 Å². The van der Waals surface area contributed by atoms with Crippen LogP contribution < -0.4 is 5.73 Å². The fraction of sp³-hybridized carbons (Fsp3) is 0.125. The second-order valence-corrected chi connectivity index (χ2v) is 3.22. The number of carbonyl (C=O) groups excluding carboxylic acids is 1. The molecule has 0 radical (unpaired) electrons. The molecule has 64 valence electrons. The van der Waals surface area contributed by atoms with Gasteiger partial charge < -0.3 is 5.73 Å². The summed E-state index contributed by atoms with van der Waals surface area (Å²) in [5.41, 5.74) is 5.59. The zero-order chi connectivity index (χ0) is 9.14. The van der Waals surface area contributed by atoms with Gasteiger partial charge in [0.25, 0.3) is 0 Å². The molecule has 12 heavy (non-hydrogen) atoms. The normalized spacial score (nSPS) is 9.83. The van der Waals surface area contributed by atoms with Crippen LogP contribution in [0.3, 0.4) is 0 Å². The van der Waals surface area contributed by atoms with E-state index in [1.165, 1.54) is 12.1 Å². The van der Waals surface area contributed by atoms with Crippen molar-refractivity contribution < 1.29 is 9.18 Å². The number of carbonyl (C=O) groups is 1. The van der Waals surface area contributed by atoms with Crippen LogP contribution in [0.4, 0.5) is 4.39 Å². The number of alkyl halides is 1. The summed E-state index contributed by atoms with van der Waals surface area (Å²) in [5.74, 6) is -0.607. The summed E-state index contributed by atoms with van der Waals surface area (Å²) < 4.78 is 13.0. The number of rotatable bonds is 2. The quantitative estimate of drug-likeness (QED) is 0.832. The molecule has 0 aromatic heterocycles. The molecule has 0 aliphatic rings. The van der Waals surface area contributed by atoms with Crippen molar-refractivity contribution in [3.63, 3.8) is 0 Å². The SMILES string of the molecule is NC(=O)c1cc(Br)ccc1CF. The van der Waals surface area contributed by atoms with Crippen molar-refractivity contribution in [2.75, 3.05) is 0 Å². The molecule has 2 N–H and O–H groups in total. The summed E-state index contributed by atoms with van der Waals surface area (Å²) in [5, 5.41) is 0. The Bertz CT molecular complexity index is 314. The van der Waals surface area contributed by atoms with E-state index in [0.717, 1.165) is 0 Å². The molecule has 0 unspecified atom stereocenters. The van der Waals surface area contributed by atoms with Gasteiger partial charge >= 0.3 is 0 Å². The molecule has 0 aliphatic carbocycles. The lowest BCUT2D eigenvalue weighted by Crippen LogP contribution is -2.13. The van der Waals surface area contributed by atoms with E-state index in [-0.39, 0.29) is 5.56 Å². The van der Waals surface area contributed by atoms with E-state index in [1.807, 2.05) is 0 Å². The maximum atomic E-state index is 12.3. The van der Waals surface area contributed by atoms with Crippen LogP contribution in [0.25, 0.3) is 0 Å². The maximum absolute atomic E-state index is 12.3. The minimum atomic E-state index is -0.675. The second kappa shape index (κ2) is 3.67. The molecule has 2 nitrogen and oxygen atoms in total. The van der Waals surface area contributed by atoms with Gasteiger partial charge in [-0.2, -0.15) is 0 Å². The highest BCUT2D eigenvalue weighted by Gasteiger charge is 2.07. The summed E-state index contributed by atoms with van der Waals surface area (Å²) in [4.78, 5) is 10.8. The first kappa shape index (κ1) is 9.19. The fourth-order valence-corrected chi connectivity index (χ4v) is 1.26. The molecule has 1 amide bonds. The first-order valence-electron chi connectivity index (χ1n) is 3.29. The molecule has 0 spiro atoms. The third-order valence-corrected chi connectivity index (χ3v) is 1.97. The maximum Gasteiger partial charge on any atom is 0.249 e. The Morgan fingerprint density at radius 3 is 2.75 bits per heavy atom. The van der Waals surface area contributed by atoms with Gasteiger partial charge in [-0.05, 0) is 17.7 Å². The average Bonchev–Trinajstić information content (AvgIpc) is 2.04. The van der Waals surface area contributed by atoms with Gasteiger partial charge in [-0.3, -0.25) is 4.79 Å². The average molecular weight is 232 g/mol. The Kier molecular flexibility index (Phi) is 2.81. The minimum absolute atomic E-state index is 0.229. The highest BCUT2D eigenvalue weighted by molar-refractivity contribution is 9.10. The van der Waals surface area contributed by atoms with Crippen LogP contribution >= 0.6 is 15.9 Å². The number of hydrogen-bond donors (Lipinski definition) is 1. The van der Waals surface area contributed by atoms with E-state index in [0.29, 0.717) is 10.0 Å². The van der Waals surface area contributed by atoms with Gasteiger partial charge in [-0.25, -0.2) is 4.39 Å². The van der Waals surface area contributed by atoms with Crippen molar-refractivity contribution in [3.8, 4) is 0 Å². The Morgan fingerprint density at radius 2 is 2.25 bits per heavy atom. The van der Waals surface area contributed by atoms with E-state index < -0.39 is 12.6 Å². The van der Waals surface area contributed by atoms with E-state index in [4.69, 9.17) is 5.73 Å². The molecule has 0 atom stereocenters. The molecule has 0 heterocycles. The number of benzene rings is 1. The molecular formula is C8H7BrFNO. The monoisotopic (exact) mass is 231 g/mol. The molecule has 0 bridgehead atoms. The topological polar surface area (TPSA) is 43.1 Å². The molecule has 1 aromatic rings. The van der Waals surface area contributed by atoms with Crippen molar-refractivity contribution in [1.29, 1.82) is 0 Å². The third-order valence-electron chi connectivity index (χ3n) is 1.48. The predicted molar refractivity (Wildman–Crippen MR) is 47.5 cm³/mol. The Balaban J connectivity index is 3.21. The van der Waals surface area contributed by atoms with Crippen molar-refractivity contribution >= 4 is 21.8 Å². The molecule has 0 saturated heterocycles. The number of primary amides is 1. The lowest BCUT2D eigenvalue weighted by atomic mass is 10.1. The first-order chi connectivity index (χ1) is 5.65. The third kappa shape index (κ3) is 1.82. The smallest absolute Gasteiger partial charge is 0.249 e. The van der Waals surface area contributed by atoms with Gasteiger partial charge in [-0.15, -0.1) is 0 Å². The zero-order valence-electron chi connectivity index (χ0n) is 6.18. The lowest BCUT2D eigenvalue weighted by Gasteiger charge is -2.02. The summed E-state index contributed by atoms with van der Waals surface area (Å²) in [6, 6.07) is 4.71. The van der Waals surface area contributed by atoms with Crippen molar-refractivity contribution in [3.05, 3.63) is 33.8 Å². The standard InChI is InChI=1S/C8H7BrFNO/c9-6-2-1-5(4-10)7(3-6)8(11)12/h1-3H,4H2,(H2,11,12). The predicted octanol–water partition coefficient (Wildman–Crippen LogP) is 2.02. The van der Waals surface area contributed by atoms with Crippen LogP contribution in [0.5, 0.6) is 0 Å². The summed E-state index contributed by atoms with van der Waals surface area (Å²) >= 11 is 3.16. The van der Waals surface area contributed by atoms with Gasteiger partial charge in [-0.1, -0.05) is 22.0 Å². The minimum Gasteiger partial charge on any atom is -0.366 e. The van der Waals surface area contributed by atoms with Crippen LogP contribution in [-0.4, -0.2) is 5.91 Å². The molecule has 1 rings (SSSR count). The van der Waals surface area contributed by atoms with Gasteiger partial charge in [0.1, 0.15) is 6.67 Å². The molecule has 4 heteroatoms. The van der Waals surface area contributed by atoms with Crippen LogP contribution in [0.1, 0.15) is 15.9 Å². The highest BCUT2D eigenvalue weighted by atomic mass is 79.9. The summed E-state index contributed by atoms with van der Waals surface area (Å²) in [6.07, 6.45) is 0. The van der Waals surface area contributed by atoms with Gasteiger partial charge in [0.2, 0.25) is 5.91 Å². The van der Waals surface area contributed by atoms with E-state index in [2.05, 4.69) is 15.9 Å². The van der Waals surface area contributed by atoms with E-state index >= 15 is 0 Å². The Morgan fingerprint density at radius 1 is 1.58 bits per heavy atom. The van der Waals surface area contributed by atoms with Crippen molar-refractivity contribution in [1.82, 2.24) is 0 Å². The largest absolute Gasteiger partial charge is 0.366 e. The van der Waals surface area contributed by atoms with Crippen LogP contribution in [0.2, 0.25) is 0 Å². The molecular weight excluding hydrogens is 225 g/mol. The molecule has 1 aromatic carbocycles. The second-order valence-electron chi connectivity index (χ2n) is 2.30. The molecule has 0 aliphatic heterocycles. The number of nitrogens with two attached hydrogens (primary N) is 1. The van der Waals surface area contributed by atoms with Crippen LogP contribution in [0.15, 0.2) is 22.7 Å². The highest BCUT2D eigenvalue weighted by Crippen LogP contribution is 2.16. The van der Waals surface area contributed by atoms with E-state index in [1.54, 1.807) is 6.07 Å². The fourth-order valence-electron chi connectivity index (χ4n) is 0.895. The summed E-state index contributed by atoms with van der Waals surface area (Å²) in [6.45, 7) is -0.675. The number of hydrogen-bond acceptors (Lipinski definition) is 1. The van der Waals surface area contributed by atoms with Gasteiger partial charge in [0.15, 0.2) is 0 Å². The van der Waals surface area contributed by atoms with Gasteiger partial charge in [0.05, 0.1) is 0 Å². The lowest BCUT2D eigenvalue weighted by molar-refractivity contribution is 0.0998.